The Kier molecular flexibility index (Phi) is 4.83. The van der Waals surface area contributed by atoms with E-state index >= 15 is 0 Å². The molecule has 1 atom stereocenters. The highest BCUT2D eigenvalue weighted by Gasteiger charge is 2.31. The number of hydrogen-bond donors (Lipinski definition) is 1. The molecule has 0 radical (unpaired) electrons. The fraction of sp³-hybridized carbons (Fsp3) is 0.500. The van der Waals surface area contributed by atoms with Crippen LogP contribution in [-0.4, -0.2) is 58.4 Å². The van der Waals surface area contributed by atoms with E-state index in [0.29, 0.717) is 5.91 Å². The van der Waals surface area contributed by atoms with Crippen LogP contribution in [0.15, 0.2) is 36.7 Å². The van der Waals surface area contributed by atoms with Crippen LogP contribution in [0.3, 0.4) is 0 Å². The topological polar surface area (TPSA) is 52.2 Å². The van der Waals surface area contributed by atoms with Gasteiger partial charge in [-0.2, -0.15) is 0 Å². The van der Waals surface area contributed by atoms with Gasteiger partial charge in [0.25, 0.3) is 0 Å². The summed E-state index contributed by atoms with van der Waals surface area (Å²) in [4.78, 5) is 24.9. The Morgan fingerprint density at radius 2 is 1.96 bits per heavy atom. The molecule has 1 fully saturated rings. The molecule has 25 heavy (non-hydrogen) atoms. The zero-order valence-electron chi connectivity index (χ0n) is 14.7. The lowest BCUT2D eigenvalue weighted by Gasteiger charge is -2.37. The molecule has 5 heteroatoms. The largest absolute Gasteiger partial charge is 0.348 e. The van der Waals surface area contributed by atoms with Crippen LogP contribution in [0, 0.1) is 5.92 Å². The second-order valence-corrected chi connectivity index (χ2v) is 7.17. The molecule has 1 N–H and O–H groups in total. The minimum atomic E-state index is 0.129. The first kappa shape index (κ1) is 16.3. The molecule has 0 bridgehead atoms. The highest BCUT2D eigenvalue weighted by atomic mass is 16.2. The summed E-state index contributed by atoms with van der Waals surface area (Å²) in [5.74, 6) is 0.465. The van der Waals surface area contributed by atoms with Gasteiger partial charge in [-0.15, -0.1) is 0 Å². The Morgan fingerprint density at radius 1 is 1.16 bits per heavy atom. The number of nitrogens with one attached hydrogen (secondary N) is 1. The monoisotopic (exact) mass is 338 g/mol. The summed E-state index contributed by atoms with van der Waals surface area (Å²) < 4.78 is 0. The Labute approximate surface area is 149 Å². The van der Waals surface area contributed by atoms with Crippen molar-refractivity contribution in [3.8, 4) is 0 Å². The predicted molar refractivity (Wildman–Crippen MR) is 97.3 cm³/mol. The van der Waals surface area contributed by atoms with Crippen molar-refractivity contribution >= 4 is 5.91 Å². The van der Waals surface area contributed by atoms with Crippen LogP contribution in [0.5, 0.6) is 0 Å². The lowest BCUT2D eigenvalue weighted by Crippen LogP contribution is -2.51. The van der Waals surface area contributed by atoms with Crippen molar-refractivity contribution in [1.29, 1.82) is 0 Å². The van der Waals surface area contributed by atoms with E-state index < -0.39 is 0 Å². The Balaban J connectivity index is 1.25. The van der Waals surface area contributed by atoms with E-state index in [1.807, 2.05) is 0 Å². The third kappa shape index (κ3) is 3.76. The summed E-state index contributed by atoms with van der Waals surface area (Å²) >= 11 is 0. The minimum Gasteiger partial charge on any atom is -0.348 e. The van der Waals surface area contributed by atoms with E-state index in [2.05, 4.69) is 50.1 Å². The number of carbonyl (C=O) groups excluding carboxylic acids is 1. The molecule has 0 spiro atoms. The number of nitrogens with zero attached hydrogens (tertiary/aromatic N) is 3. The zero-order valence-corrected chi connectivity index (χ0v) is 14.7. The Hall–Kier alpha value is -2.14. The first-order valence-electron chi connectivity index (χ1n) is 9.36. The van der Waals surface area contributed by atoms with Gasteiger partial charge >= 0.3 is 0 Å². The van der Waals surface area contributed by atoms with Crippen molar-refractivity contribution < 1.29 is 4.79 Å². The Morgan fingerprint density at radius 3 is 2.76 bits per heavy atom. The maximum Gasteiger partial charge on any atom is 0.226 e. The van der Waals surface area contributed by atoms with Crippen LogP contribution in [-0.2, 0) is 24.1 Å². The molecular formula is C20H26N4O. The van der Waals surface area contributed by atoms with Crippen molar-refractivity contribution in [1.82, 2.24) is 19.8 Å². The molecule has 132 valence electrons. The van der Waals surface area contributed by atoms with Gasteiger partial charge in [-0.1, -0.05) is 30.3 Å². The average molecular weight is 338 g/mol. The number of fused-ring (bicyclic) bond motifs is 1. The number of hydrogen-bond acceptors (Lipinski definition) is 3. The summed E-state index contributed by atoms with van der Waals surface area (Å²) in [7, 11) is 0. The first-order chi connectivity index (χ1) is 12.3. The quantitative estimate of drug-likeness (QED) is 0.926. The molecule has 2 heterocycles. The number of amides is 1. The molecule has 1 aromatic carbocycles. The summed E-state index contributed by atoms with van der Waals surface area (Å²) in [6.45, 7) is 4.77. The Bertz CT molecular complexity index is 703. The minimum absolute atomic E-state index is 0.129. The number of imidazole rings is 1. The first-order valence-corrected chi connectivity index (χ1v) is 9.36. The summed E-state index contributed by atoms with van der Waals surface area (Å²) in [6, 6.07) is 10.6. The van der Waals surface area contributed by atoms with E-state index in [1.54, 1.807) is 6.33 Å². The number of H-pyrrole nitrogens is 1. The van der Waals surface area contributed by atoms with Gasteiger partial charge in [-0.25, -0.2) is 4.98 Å². The lowest BCUT2D eigenvalue weighted by atomic mass is 9.88. The van der Waals surface area contributed by atoms with Gasteiger partial charge in [0, 0.05) is 50.8 Å². The standard InChI is InChI=1S/C20H26N4O/c25-20(17-6-7-18-19(14-17)22-15-21-18)24-12-10-23(11-13-24)9-8-16-4-2-1-3-5-16/h1-5,15,17H,6-14H2,(H,21,22)/t17-/m1/s1. The molecule has 1 aliphatic heterocycles. The van der Waals surface area contributed by atoms with Gasteiger partial charge in [0.1, 0.15) is 0 Å². The number of carbonyl (C=O) groups is 1. The molecule has 4 rings (SSSR count). The van der Waals surface area contributed by atoms with Gasteiger partial charge in [0.05, 0.1) is 12.0 Å². The van der Waals surface area contributed by atoms with Gasteiger partial charge < -0.3 is 9.88 Å². The van der Waals surface area contributed by atoms with Crippen LogP contribution in [0.25, 0.3) is 0 Å². The number of piperazine rings is 1. The highest BCUT2D eigenvalue weighted by molar-refractivity contribution is 5.79. The molecule has 5 nitrogen and oxygen atoms in total. The zero-order chi connectivity index (χ0) is 17.1. The maximum absolute atomic E-state index is 12.8. The second-order valence-electron chi connectivity index (χ2n) is 7.17. The normalized spacial score (nSPS) is 21.1. The molecule has 2 aliphatic rings. The SMILES string of the molecule is O=C([C@@H]1CCc2nc[nH]c2C1)N1CCN(CCc2ccccc2)CC1. The van der Waals surface area contributed by atoms with E-state index in [1.165, 1.54) is 5.56 Å². The third-order valence-electron chi connectivity index (χ3n) is 5.58. The van der Waals surface area contributed by atoms with E-state index in [4.69, 9.17) is 0 Å². The second kappa shape index (κ2) is 7.40. The van der Waals surface area contributed by atoms with Crippen LogP contribution in [0.2, 0.25) is 0 Å². The maximum atomic E-state index is 12.8. The number of aromatic amines is 1. The van der Waals surface area contributed by atoms with E-state index in [-0.39, 0.29) is 5.92 Å². The predicted octanol–water partition coefficient (Wildman–Crippen LogP) is 1.90. The average Bonchev–Trinajstić information content (AvgIpc) is 3.15. The number of benzene rings is 1. The van der Waals surface area contributed by atoms with Gasteiger partial charge in [-0.05, 0) is 24.8 Å². The molecular weight excluding hydrogens is 312 g/mol. The number of rotatable bonds is 4. The molecule has 0 unspecified atom stereocenters. The number of aryl methyl sites for hydroxylation is 1. The fourth-order valence-electron chi connectivity index (χ4n) is 3.99. The number of aromatic nitrogens is 2. The summed E-state index contributed by atoms with van der Waals surface area (Å²) in [5.41, 5.74) is 3.69. The van der Waals surface area contributed by atoms with E-state index in [9.17, 15) is 4.79 Å². The smallest absolute Gasteiger partial charge is 0.226 e. The van der Waals surface area contributed by atoms with Crippen LogP contribution in [0.1, 0.15) is 23.4 Å². The van der Waals surface area contributed by atoms with Crippen molar-refractivity contribution in [2.45, 2.75) is 25.7 Å². The van der Waals surface area contributed by atoms with Crippen molar-refractivity contribution in [2.75, 3.05) is 32.7 Å². The van der Waals surface area contributed by atoms with E-state index in [0.717, 1.165) is 69.8 Å². The summed E-state index contributed by atoms with van der Waals surface area (Å²) in [5, 5.41) is 0. The van der Waals surface area contributed by atoms with Gasteiger partial charge in [-0.3, -0.25) is 9.69 Å². The molecule has 1 aromatic heterocycles. The van der Waals surface area contributed by atoms with Crippen molar-refractivity contribution in [2.24, 2.45) is 5.92 Å². The van der Waals surface area contributed by atoms with Gasteiger partial charge in [0.2, 0.25) is 5.91 Å². The molecule has 1 amide bonds. The summed E-state index contributed by atoms with van der Waals surface area (Å²) in [6.07, 6.45) is 5.52. The van der Waals surface area contributed by atoms with Crippen LogP contribution in [0.4, 0.5) is 0 Å². The molecule has 2 aromatic rings. The molecule has 1 saturated heterocycles. The third-order valence-corrected chi connectivity index (χ3v) is 5.58. The van der Waals surface area contributed by atoms with Crippen LogP contribution >= 0.6 is 0 Å². The molecule has 1 aliphatic carbocycles. The van der Waals surface area contributed by atoms with Crippen molar-refractivity contribution in [3.63, 3.8) is 0 Å². The lowest BCUT2D eigenvalue weighted by molar-refractivity contribution is -0.137. The molecule has 0 saturated carbocycles. The van der Waals surface area contributed by atoms with Crippen LogP contribution < -0.4 is 0 Å². The van der Waals surface area contributed by atoms with Gasteiger partial charge in [0.15, 0.2) is 0 Å². The fourth-order valence-corrected chi connectivity index (χ4v) is 3.99. The highest BCUT2D eigenvalue weighted by Crippen LogP contribution is 2.25. The van der Waals surface area contributed by atoms with Crippen molar-refractivity contribution in [3.05, 3.63) is 53.6 Å².